The van der Waals surface area contributed by atoms with E-state index in [0.717, 1.165) is 36.2 Å². The molecule has 0 amide bonds. The molecule has 0 saturated heterocycles. The molecule has 0 aliphatic carbocycles. The van der Waals surface area contributed by atoms with Gasteiger partial charge >= 0.3 is 5.97 Å². The molecule has 10 nitrogen and oxygen atoms in total. The summed E-state index contributed by atoms with van der Waals surface area (Å²) in [4.78, 5) is 28.5. The summed E-state index contributed by atoms with van der Waals surface area (Å²) in [6, 6.07) is 9.30. The van der Waals surface area contributed by atoms with Gasteiger partial charge in [0.2, 0.25) is 0 Å². The molecule has 40 heavy (non-hydrogen) atoms. The van der Waals surface area contributed by atoms with Crippen molar-refractivity contribution in [1.82, 2.24) is 10.2 Å². The fraction of sp³-hybridized carbons (Fsp3) is 0.414. The van der Waals surface area contributed by atoms with Gasteiger partial charge in [-0.15, -0.1) is 4.40 Å². The second-order valence-electron chi connectivity index (χ2n) is 10.4. The van der Waals surface area contributed by atoms with Crippen molar-refractivity contribution in [2.75, 3.05) is 26.7 Å². The Balaban J connectivity index is 1.56. The number of aryl methyl sites for hydroxylation is 1. The van der Waals surface area contributed by atoms with Crippen molar-refractivity contribution < 1.29 is 22.7 Å². The molecule has 2 aromatic carbocycles. The standard InChI is InChI=1S/C29H37N5O5S/c1-4-39-28(36)29(12-5-6-13-32-29)26(35)25(30)16-20-8-7-19(2)24(15-20)27(31)33-40(37,38)23-10-9-22-18-34(3)14-11-21(22)17-23/h5-10,15,17,25,32H,4,11-14,16,18,30H2,1-3H3,(H2,31,33)/t25?,29-/m1/s1. The Labute approximate surface area is 235 Å². The van der Waals surface area contributed by atoms with Crippen molar-refractivity contribution in [3.05, 3.63) is 76.4 Å². The third-order valence-corrected chi connectivity index (χ3v) is 8.71. The zero-order chi connectivity index (χ0) is 29.1. The number of ether oxygens (including phenoxy) is 1. The van der Waals surface area contributed by atoms with E-state index in [1.807, 2.05) is 19.2 Å². The smallest absolute Gasteiger partial charge is 0.334 e. The second-order valence-corrected chi connectivity index (χ2v) is 12.0. The lowest BCUT2D eigenvalue weighted by Gasteiger charge is -2.34. The average molecular weight is 568 g/mol. The van der Waals surface area contributed by atoms with E-state index in [9.17, 15) is 18.0 Å². The number of esters is 1. The van der Waals surface area contributed by atoms with Gasteiger partial charge < -0.3 is 21.1 Å². The first-order valence-electron chi connectivity index (χ1n) is 13.3. The van der Waals surface area contributed by atoms with E-state index in [4.69, 9.17) is 16.2 Å². The van der Waals surface area contributed by atoms with Crippen LogP contribution in [0.3, 0.4) is 0 Å². The minimum absolute atomic E-state index is 0.0958. The van der Waals surface area contributed by atoms with Crippen LogP contribution in [-0.2, 0) is 43.7 Å². The molecular weight excluding hydrogens is 530 g/mol. The summed E-state index contributed by atoms with van der Waals surface area (Å²) in [5.41, 5.74) is 14.9. The number of hydrogen-bond donors (Lipinski definition) is 3. The number of fused-ring (bicyclic) bond motifs is 1. The van der Waals surface area contributed by atoms with Crippen molar-refractivity contribution in [2.45, 2.75) is 56.1 Å². The van der Waals surface area contributed by atoms with Gasteiger partial charge in [0.05, 0.1) is 17.5 Å². The van der Waals surface area contributed by atoms with E-state index in [1.165, 1.54) is 0 Å². The van der Waals surface area contributed by atoms with Gasteiger partial charge in [-0.1, -0.05) is 30.4 Å². The molecular formula is C29H37N5O5S. The molecule has 5 N–H and O–H groups in total. The van der Waals surface area contributed by atoms with Crippen LogP contribution in [0.2, 0.25) is 0 Å². The minimum Gasteiger partial charge on any atom is -0.464 e. The van der Waals surface area contributed by atoms with Gasteiger partial charge in [0, 0.05) is 31.6 Å². The SMILES string of the molecule is CCOC(=O)[C@]1(C(=O)C(N)Cc2ccc(C)c(C(N)=NS(=O)(=O)c3ccc4c(c3)CCN(C)C4)c2)CC=CCN1. The highest BCUT2D eigenvalue weighted by Crippen LogP contribution is 2.25. The number of amidine groups is 1. The van der Waals surface area contributed by atoms with Gasteiger partial charge in [-0.05, 0) is 74.2 Å². The van der Waals surface area contributed by atoms with Crippen molar-refractivity contribution >= 4 is 27.6 Å². The highest BCUT2D eigenvalue weighted by molar-refractivity contribution is 7.90. The van der Waals surface area contributed by atoms with Crippen LogP contribution in [-0.4, -0.2) is 69.2 Å². The number of benzene rings is 2. The number of nitrogens with zero attached hydrogens (tertiary/aromatic N) is 2. The van der Waals surface area contributed by atoms with Crippen LogP contribution in [0.5, 0.6) is 0 Å². The molecule has 2 aromatic rings. The number of hydrogen-bond acceptors (Lipinski definition) is 8. The Morgan fingerprint density at radius 1 is 1.18 bits per heavy atom. The Morgan fingerprint density at radius 3 is 2.65 bits per heavy atom. The predicted octanol–water partition coefficient (Wildman–Crippen LogP) is 1.37. The normalized spacial score (nSPS) is 20.6. The van der Waals surface area contributed by atoms with E-state index in [1.54, 1.807) is 50.3 Å². The number of nitrogens with two attached hydrogens (primary N) is 2. The molecule has 2 heterocycles. The van der Waals surface area contributed by atoms with Crippen LogP contribution in [0, 0.1) is 6.92 Å². The van der Waals surface area contributed by atoms with E-state index in [-0.39, 0.29) is 30.2 Å². The highest BCUT2D eigenvalue weighted by atomic mass is 32.2. The maximum absolute atomic E-state index is 13.4. The lowest BCUT2D eigenvalue weighted by molar-refractivity contribution is -0.155. The number of ketones is 1. The van der Waals surface area contributed by atoms with Crippen LogP contribution < -0.4 is 16.8 Å². The molecule has 4 rings (SSSR count). The third kappa shape index (κ3) is 6.17. The van der Waals surface area contributed by atoms with Crippen molar-refractivity contribution in [3.8, 4) is 0 Å². The van der Waals surface area contributed by atoms with Crippen molar-refractivity contribution in [1.29, 1.82) is 0 Å². The van der Waals surface area contributed by atoms with Gasteiger partial charge in [0.1, 0.15) is 5.84 Å². The maximum atomic E-state index is 13.4. The monoisotopic (exact) mass is 567 g/mol. The van der Waals surface area contributed by atoms with E-state index < -0.39 is 33.4 Å². The topological polar surface area (TPSA) is 157 Å². The van der Waals surface area contributed by atoms with Crippen LogP contribution >= 0.6 is 0 Å². The summed E-state index contributed by atoms with van der Waals surface area (Å²) in [5.74, 6) is -1.28. The number of nitrogens with one attached hydrogen (secondary N) is 1. The molecule has 0 radical (unpaired) electrons. The maximum Gasteiger partial charge on any atom is 0.334 e. The summed E-state index contributed by atoms with van der Waals surface area (Å²) in [7, 11) is -2.03. The lowest BCUT2D eigenvalue weighted by Crippen LogP contribution is -2.64. The number of carbonyl (C=O) groups is 2. The first kappa shape index (κ1) is 29.6. The van der Waals surface area contributed by atoms with Crippen LogP contribution in [0.1, 0.15) is 41.2 Å². The summed E-state index contributed by atoms with van der Waals surface area (Å²) >= 11 is 0. The van der Waals surface area contributed by atoms with Crippen LogP contribution in [0.15, 0.2) is 57.8 Å². The van der Waals surface area contributed by atoms with Crippen molar-refractivity contribution in [3.63, 3.8) is 0 Å². The van der Waals surface area contributed by atoms with Crippen LogP contribution in [0.4, 0.5) is 0 Å². The van der Waals surface area contributed by atoms with Crippen molar-refractivity contribution in [2.24, 2.45) is 15.9 Å². The zero-order valence-electron chi connectivity index (χ0n) is 23.1. The number of carbonyl (C=O) groups excluding carboxylic acids is 2. The number of rotatable bonds is 9. The van der Waals surface area contributed by atoms with E-state index in [2.05, 4.69) is 14.6 Å². The molecule has 0 fully saturated rings. The van der Waals surface area contributed by atoms with E-state index >= 15 is 0 Å². The zero-order valence-corrected chi connectivity index (χ0v) is 24.0. The Morgan fingerprint density at radius 2 is 1.95 bits per heavy atom. The predicted molar refractivity (Wildman–Crippen MR) is 153 cm³/mol. The van der Waals surface area contributed by atoms with Crippen LogP contribution in [0.25, 0.3) is 0 Å². The fourth-order valence-corrected chi connectivity index (χ4v) is 6.14. The summed E-state index contributed by atoms with van der Waals surface area (Å²) in [5, 5.41) is 2.99. The van der Waals surface area contributed by atoms with Gasteiger partial charge in [-0.25, -0.2) is 4.79 Å². The number of Topliss-reactive ketones (excluding diaryl/α,β-unsaturated/α-hetero) is 1. The first-order chi connectivity index (χ1) is 19.0. The third-order valence-electron chi connectivity index (χ3n) is 7.42. The number of sulfonamides is 1. The van der Waals surface area contributed by atoms with Gasteiger partial charge in [0.15, 0.2) is 11.3 Å². The number of likely N-dealkylation sites (N-methyl/N-ethyl adjacent to an activating group) is 1. The molecule has 1 unspecified atom stereocenters. The summed E-state index contributed by atoms with van der Waals surface area (Å²) < 4.78 is 35.4. The molecule has 2 atom stereocenters. The summed E-state index contributed by atoms with van der Waals surface area (Å²) in [6.07, 6.45) is 4.62. The Kier molecular flexibility index (Phi) is 8.89. The molecule has 214 valence electrons. The molecule has 2 aliphatic rings. The molecule has 0 spiro atoms. The van der Waals surface area contributed by atoms with Gasteiger partial charge in [0.25, 0.3) is 10.0 Å². The summed E-state index contributed by atoms with van der Waals surface area (Å²) in [6.45, 7) is 5.58. The Hall–Kier alpha value is -3.38. The highest BCUT2D eigenvalue weighted by Gasteiger charge is 2.48. The minimum atomic E-state index is -4.05. The quantitative estimate of drug-likeness (QED) is 0.134. The van der Waals surface area contributed by atoms with E-state index in [0.29, 0.717) is 17.7 Å². The molecule has 2 aliphatic heterocycles. The molecule has 11 heteroatoms. The molecule has 0 aromatic heterocycles. The molecule has 0 bridgehead atoms. The Bertz CT molecular complexity index is 1470. The largest absolute Gasteiger partial charge is 0.464 e. The van der Waals surface area contributed by atoms with Gasteiger partial charge in [-0.3, -0.25) is 10.1 Å². The first-order valence-corrected chi connectivity index (χ1v) is 14.8. The lowest BCUT2D eigenvalue weighted by atomic mass is 9.82. The fourth-order valence-electron chi connectivity index (χ4n) is 5.14. The van der Waals surface area contributed by atoms with Gasteiger partial charge in [-0.2, -0.15) is 8.42 Å². The average Bonchev–Trinajstić information content (AvgIpc) is 2.93. The molecule has 0 saturated carbocycles. The second kappa shape index (κ2) is 12.0.